The van der Waals surface area contributed by atoms with Crippen LogP contribution in [0.5, 0.6) is 0 Å². The fraction of sp³-hybridized carbons (Fsp3) is 0.375. The van der Waals surface area contributed by atoms with E-state index >= 15 is 0 Å². The first kappa shape index (κ1) is 15.6. The van der Waals surface area contributed by atoms with Crippen LogP contribution in [0.4, 0.5) is 0 Å². The van der Waals surface area contributed by atoms with E-state index < -0.39 is 0 Å². The Kier molecular flexibility index (Phi) is 5.39. The van der Waals surface area contributed by atoms with Crippen LogP contribution in [-0.2, 0) is 16.0 Å². The Morgan fingerprint density at radius 1 is 1.52 bits per heavy atom. The maximum atomic E-state index is 11.9. The minimum Gasteiger partial charge on any atom is -0.351 e. The highest BCUT2D eigenvalue weighted by Crippen LogP contribution is 2.15. The first-order valence-electron chi connectivity index (χ1n) is 7.01. The minimum absolute atomic E-state index is 0.0838. The van der Waals surface area contributed by atoms with Crippen molar-refractivity contribution in [2.75, 3.05) is 13.1 Å². The highest BCUT2D eigenvalue weighted by molar-refractivity contribution is 6.30. The maximum absolute atomic E-state index is 11.9. The van der Waals surface area contributed by atoms with Gasteiger partial charge in [-0.1, -0.05) is 29.8 Å². The first-order valence-corrected chi connectivity index (χ1v) is 7.38. The molecule has 1 aliphatic heterocycles. The molecular formula is C16H19ClN2O2. The Bertz CT molecular complexity index is 545. The van der Waals surface area contributed by atoms with E-state index in [-0.39, 0.29) is 24.3 Å². The molecule has 112 valence electrons. The predicted molar refractivity (Wildman–Crippen MR) is 83.1 cm³/mol. The molecule has 1 fully saturated rings. The third-order valence-corrected chi connectivity index (χ3v) is 3.70. The lowest BCUT2D eigenvalue weighted by molar-refractivity contribution is -0.127. The van der Waals surface area contributed by atoms with Crippen LogP contribution in [0.25, 0.3) is 0 Å². The number of carbonyl (C=O) groups excluding carboxylic acids is 2. The van der Waals surface area contributed by atoms with E-state index in [4.69, 9.17) is 11.6 Å². The van der Waals surface area contributed by atoms with Gasteiger partial charge >= 0.3 is 0 Å². The van der Waals surface area contributed by atoms with Crippen LogP contribution in [0.15, 0.2) is 36.9 Å². The lowest BCUT2D eigenvalue weighted by Gasteiger charge is -2.17. The molecule has 1 atom stereocenters. The van der Waals surface area contributed by atoms with Crippen LogP contribution in [0.3, 0.4) is 0 Å². The van der Waals surface area contributed by atoms with Gasteiger partial charge in [0, 0.05) is 31.0 Å². The average Bonchev–Trinajstić information content (AvgIpc) is 2.77. The minimum atomic E-state index is -0.0932. The molecule has 2 rings (SSSR count). The van der Waals surface area contributed by atoms with E-state index in [1.807, 2.05) is 24.3 Å². The van der Waals surface area contributed by atoms with Crippen molar-refractivity contribution in [3.05, 3.63) is 47.5 Å². The fourth-order valence-electron chi connectivity index (χ4n) is 2.46. The number of amides is 2. The van der Waals surface area contributed by atoms with Gasteiger partial charge in [0.15, 0.2) is 0 Å². The van der Waals surface area contributed by atoms with Crippen LogP contribution in [0.1, 0.15) is 18.4 Å². The zero-order valence-corrected chi connectivity index (χ0v) is 12.6. The Morgan fingerprint density at radius 2 is 2.33 bits per heavy atom. The maximum Gasteiger partial charge on any atom is 0.224 e. The zero-order valence-electron chi connectivity index (χ0n) is 11.8. The number of rotatable bonds is 6. The van der Waals surface area contributed by atoms with Crippen LogP contribution < -0.4 is 5.32 Å². The van der Waals surface area contributed by atoms with E-state index in [1.165, 1.54) is 0 Å². The Morgan fingerprint density at radius 3 is 3.05 bits per heavy atom. The summed E-state index contributed by atoms with van der Waals surface area (Å²) in [6.45, 7) is 4.74. The summed E-state index contributed by atoms with van der Waals surface area (Å²) in [5, 5.41) is 3.56. The molecule has 1 aliphatic rings. The predicted octanol–water partition coefficient (Wildman–Crippen LogP) is 2.18. The highest BCUT2D eigenvalue weighted by Gasteiger charge is 2.29. The van der Waals surface area contributed by atoms with Crippen molar-refractivity contribution >= 4 is 23.4 Å². The molecule has 0 radical (unpaired) electrons. The lowest BCUT2D eigenvalue weighted by Crippen LogP contribution is -2.37. The smallest absolute Gasteiger partial charge is 0.224 e. The van der Waals surface area contributed by atoms with Gasteiger partial charge in [-0.3, -0.25) is 9.59 Å². The summed E-state index contributed by atoms with van der Waals surface area (Å²) in [5.74, 6) is 0.000391. The number of halogens is 1. The van der Waals surface area contributed by atoms with Crippen molar-refractivity contribution in [2.24, 2.45) is 0 Å². The Hall–Kier alpha value is -1.81. The molecule has 4 nitrogen and oxygen atoms in total. The first-order chi connectivity index (χ1) is 10.1. The molecule has 5 heteroatoms. The molecule has 1 aromatic carbocycles. The van der Waals surface area contributed by atoms with E-state index in [2.05, 4.69) is 11.9 Å². The second-order valence-electron chi connectivity index (χ2n) is 5.18. The number of hydrogen-bond acceptors (Lipinski definition) is 2. The summed E-state index contributed by atoms with van der Waals surface area (Å²) >= 11 is 5.94. The van der Waals surface area contributed by atoms with Crippen LogP contribution >= 0.6 is 11.6 Å². The summed E-state index contributed by atoms with van der Waals surface area (Å²) in [6, 6.07) is 7.55. The molecule has 2 amide bonds. The van der Waals surface area contributed by atoms with Crippen LogP contribution in [0, 0.1) is 0 Å². The van der Waals surface area contributed by atoms with Crippen molar-refractivity contribution in [3.8, 4) is 0 Å². The second-order valence-corrected chi connectivity index (χ2v) is 5.62. The quantitative estimate of drug-likeness (QED) is 0.819. The van der Waals surface area contributed by atoms with Crippen molar-refractivity contribution in [2.45, 2.75) is 25.3 Å². The largest absolute Gasteiger partial charge is 0.351 e. The van der Waals surface area contributed by atoms with Gasteiger partial charge in [0.05, 0.1) is 6.04 Å². The highest BCUT2D eigenvalue weighted by atomic mass is 35.5. The van der Waals surface area contributed by atoms with Gasteiger partial charge in [-0.15, -0.1) is 6.58 Å². The normalized spacial score (nSPS) is 17.9. The summed E-state index contributed by atoms with van der Waals surface area (Å²) in [7, 11) is 0. The monoisotopic (exact) mass is 306 g/mol. The number of likely N-dealkylation sites (tertiary alicyclic amines) is 1. The molecular weight excluding hydrogens is 288 g/mol. The van der Waals surface area contributed by atoms with Gasteiger partial charge in [0.2, 0.25) is 11.8 Å². The second kappa shape index (κ2) is 7.27. The number of carbonyl (C=O) groups is 2. The third-order valence-electron chi connectivity index (χ3n) is 3.47. The van der Waals surface area contributed by atoms with Crippen LogP contribution in [0.2, 0.25) is 5.02 Å². The van der Waals surface area contributed by atoms with E-state index in [0.29, 0.717) is 24.5 Å². The molecule has 0 unspecified atom stereocenters. The average molecular weight is 307 g/mol. The number of hydrogen-bond donors (Lipinski definition) is 1. The summed E-state index contributed by atoms with van der Waals surface area (Å²) < 4.78 is 0. The molecule has 1 saturated heterocycles. The molecule has 0 aromatic heterocycles. The van der Waals surface area contributed by atoms with Gasteiger partial charge in [-0.2, -0.15) is 0 Å². The third kappa shape index (κ3) is 4.60. The van der Waals surface area contributed by atoms with Gasteiger partial charge in [0.1, 0.15) is 0 Å². The number of benzene rings is 1. The van der Waals surface area contributed by atoms with Crippen LogP contribution in [-0.4, -0.2) is 35.8 Å². The molecule has 0 saturated carbocycles. The number of nitrogens with one attached hydrogen (secondary N) is 1. The molecule has 1 N–H and O–H groups in total. The van der Waals surface area contributed by atoms with E-state index in [9.17, 15) is 9.59 Å². The Balaban J connectivity index is 1.83. The molecule has 1 heterocycles. The summed E-state index contributed by atoms with van der Waals surface area (Å²) in [6.07, 6.45) is 2.98. The van der Waals surface area contributed by atoms with Gasteiger partial charge in [0.25, 0.3) is 0 Å². The fourth-order valence-corrected chi connectivity index (χ4v) is 2.67. The van der Waals surface area contributed by atoms with Crippen molar-refractivity contribution in [1.29, 1.82) is 0 Å². The molecule has 21 heavy (non-hydrogen) atoms. The lowest BCUT2D eigenvalue weighted by atomic mass is 10.1. The Labute approximate surface area is 129 Å². The molecule has 0 aliphatic carbocycles. The topological polar surface area (TPSA) is 49.4 Å². The molecule has 1 aromatic rings. The zero-order chi connectivity index (χ0) is 15.2. The number of nitrogens with zero attached hydrogens (tertiary/aromatic N) is 1. The standard InChI is InChI=1S/C16H19ClN2O2/c1-2-4-15(20)18-14-10-16(21)19(11-14)8-7-12-5-3-6-13(17)9-12/h2-3,5-6,9,14H,1,4,7-8,10-11H2,(H,18,20)/t14-/m1/s1. The van der Waals surface area contributed by atoms with Crippen molar-refractivity contribution in [3.63, 3.8) is 0 Å². The van der Waals surface area contributed by atoms with Crippen molar-refractivity contribution in [1.82, 2.24) is 10.2 Å². The van der Waals surface area contributed by atoms with Crippen molar-refractivity contribution < 1.29 is 9.59 Å². The van der Waals surface area contributed by atoms with E-state index in [1.54, 1.807) is 11.0 Å². The molecule has 0 spiro atoms. The summed E-state index contributed by atoms with van der Waals surface area (Å²) in [4.78, 5) is 25.2. The van der Waals surface area contributed by atoms with Gasteiger partial charge in [-0.05, 0) is 24.1 Å². The summed E-state index contributed by atoms with van der Waals surface area (Å²) in [5.41, 5.74) is 1.11. The van der Waals surface area contributed by atoms with Gasteiger partial charge in [-0.25, -0.2) is 0 Å². The molecule has 0 bridgehead atoms. The SMILES string of the molecule is C=CCC(=O)N[C@@H]1CC(=O)N(CCc2cccc(Cl)c2)C1. The van der Waals surface area contributed by atoms with E-state index in [0.717, 1.165) is 12.0 Å². The van der Waals surface area contributed by atoms with Gasteiger partial charge < -0.3 is 10.2 Å².